The van der Waals surface area contributed by atoms with Crippen molar-refractivity contribution in [2.75, 3.05) is 47.4 Å². The molecule has 1 heterocycles. The molecule has 1 saturated heterocycles. The van der Waals surface area contributed by atoms with E-state index in [0.29, 0.717) is 6.04 Å². The van der Waals surface area contributed by atoms with Crippen LogP contribution in [0, 0.1) is 0 Å². The molecular weight excluding hydrogens is 242 g/mol. The van der Waals surface area contributed by atoms with Gasteiger partial charge in [-0.25, -0.2) is 0 Å². The van der Waals surface area contributed by atoms with Crippen LogP contribution in [0.5, 0.6) is 0 Å². The Balaban J connectivity index is 2.41. The molecule has 2 unspecified atom stereocenters. The highest BCUT2D eigenvalue weighted by atomic mass is 16.5. The van der Waals surface area contributed by atoms with Crippen molar-refractivity contribution in [1.29, 1.82) is 0 Å². The Morgan fingerprint density at radius 1 is 1.53 bits per heavy atom. The Kier molecular flexibility index (Phi) is 7.34. The molecular formula is C14H29N3O2. The minimum Gasteiger partial charge on any atom is -0.468 e. The number of methoxy groups -OCH3 is 1. The zero-order valence-corrected chi connectivity index (χ0v) is 12.8. The van der Waals surface area contributed by atoms with Crippen LogP contribution in [0.15, 0.2) is 0 Å². The highest BCUT2D eigenvalue weighted by molar-refractivity contribution is 5.75. The van der Waals surface area contributed by atoms with E-state index < -0.39 is 0 Å². The van der Waals surface area contributed by atoms with Crippen molar-refractivity contribution in [2.45, 2.75) is 38.3 Å². The van der Waals surface area contributed by atoms with Crippen LogP contribution in [0.25, 0.3) is 0 Å². The van der Waals surface area contributed by atoms with Gasteiger partial charge < -0.3 is 15.0 Å². The molecule has 1 N–H and O–H groups in total. The normalized spacial score (nSPS) is 21.8. The second kappa shape index (κ2) is 8.51. The predicted octanol–water partition coefficient (Wildman–Crippen LogP) is 0.554. The van der Waals surface area contributed by atoms with Crippen molar-refractivity contribution < 1.29 is 9.53 Å². The van der Waals surface area contributed by atoms with E-state index in [9.17, 15) is 4.79 Å². The number of carbonyl (C=O) groups is 1. The van der Waals surface area contributed by atoms with Gasteiger partial charge >= 0.3 is 5.97 Å². The molecule has 2 atom stereocenters. The second-order valence-electron chi connectivity index (χ2n) is 5.52. The summed E-state index contributed by atoms with van der Waals surface area (Å²) in [6.45, 7) is 6.02. The Morgan fingerprint density at radius 2 is 2.26 bits per heavy atom. The molecule has 0 saturated carbocycles. The van der Waals surface area contributed by atoms with E-state index in [-0.39, 0.29) is 12.0 Å². The third-order valence-electron chi connectivity index (χ3n) is 3.72. The van der Waals surface area contributed by atoms with Gasteiger partial charge in [0.25, 0.3) is 0 Å². The summed E-state index contributed by atoms with van der Waals surface area (Å²) in [5.41, 5.74) is 0. The van der Waals surface area contributed by atoms with Gasteiger partial charge in [-0.2, -0.15) is 0 Å². The molecule has 112 valence electrons. The topological polar surface area (TPSA) is 44.8 Å². The molecule has 0 spiro atoms. The zero-order valence-electron chi connectivity index (χ0n) is 12.8. The lowest BCUT2D eigenvalue weighted by Gasteiger charge is -2.28. The molecule has 5 heteroatoms. The lowest BCUT2D eigenvalue weighted by Crippen LogP contribution is -2.43. The lowest BCUT2D eigenvalue weighted by atomic mass is 10.1. The maximum atomic E-state index is 11.7. The quantitative estimate of drug-likeness (QED) is 0.653. The minimum atomic E-state index is -0.171. The van der Waals surface area contributed by atoms with Crippen LogP contribution in [0.3, 0.4) is 0 Å². The maximum absolute atomic E-state index is 11.7. The number of carbonyl (C=O) groups excluding carboxylic acids is 1. The number of ether oxygens (including phenoxy) is 1. The number of esters is 1. The molecule has 0 aromatic heterocycles. The zero-order chi connectivity index (χ0) is 14.3. The number of likely N-dealkylation sites (N-methyl/N-ethyl adjacent to an activating group) is 2. The van der Waals surface area contributed by atoms with E-state index in [1.54, 1.807) is 0 Å². The highest BCUT2D eigenvalue weighted by Crippen LogP contribution is 2.18. The number of likely N-dealkylation sites (tertiary alicyclic amines) is 1. The molecule has 1 fully saturated rings. The van der Waals surface area contributed by atoms with Crippen LogP contribution in [-0.4, -0.2) is 75.2 Å². The summed E-state index contributed by atoms with van der Waals surface area (Å²) in [4.78, 5) is 16.4. The average molecular weight is 271 g/mol. The number of nitrogens with zero attached hydrogens (tertiary/aromatic N) is 2. The van der Waals surface area contributed by atoms with Gasteiger partial charge in [0.2, 0.25) is 0 Å². The fraction of sp³-hybridized carbons (Fsp3) is 0.929. The van der Waals surface area contributed by atoms with Gasteiger partial charge in [0.1, 0.15) is 6.04 Å². The Hall–Kier alpha value is -0.650. The fourth-order valence-electron chi connectivity index (χ4n) is 2.80. The van der Waals surface area contributed by atoms with E-state index >= 15 is 0 Å². The number of hydrogen-bond donors (Lipinski definition) is 1. The molecule has 0 bridgehead atoms. The smallest absolute Gasteiger partial charge is 0.322 e. The van der Waals surface area contributed by atoms with Gasteiger partial charge in [0.15, 0.2) is 0 Å². The van der Waals surface area contributed by atoms with Crippen molar-refractivity contribution in [3.63, 3.8) is 0 Å². The SMILES string of the molecule is CCNC(CCN1CCCC1CN(C)C)C(=O)OC. The van der Waals surface area contributed by atoms with Crippen LogP contribution in [0.4, 0.5) is 0 Å². The third kappa shape index (κ3) is 5.47. The number of nitrogens with one attached hydrogen (secondary N) is 1. The van der Waals surface area contributed by atoms with E-state index in [0.717, 1.165) is 32.6 Å². The van der Waals surface area contributed by atoms with Crippen molar-refractivity contribution in [1.82, 2.24) is 15.1 Å². The van der Waals surface area contributed by atoms with Gasteiger partial charge in [-0.05, 0) is 46.4 Å². The molecule has 1 rings (SSSR count). The van der Waals surface area contributed by atoms with Crippen molar-refractivity contribution in [2.24, 2.45) is 0 Å². The molecule has 1 aliphatic rings. The number of hydrogen-bond acceptors (Lipinski definition) is 5. The van der Waals surface area contributed by atoms with Gasteiger partial charge in [0.05, 0.1) is 7.11 Å². The van der Waals surface area contributed by atoms with Gasteiger partial charge in [0, 0.05) is 19.1 Å². The highest BCUT2D eigenvalue weighted by Gasteiger charge is 2.26. The van der Waals surface area contributed by atoms with Crippen LogP contribution in [-0.2, 0) is 9.53 Å². The molecule has 0 aromatic carbocycles. The summed E-state index contributed by atoms with van der Waals surface area (Å²) in [6.07, 6.45) is 3.36. The third-order valence-corrected chi connectivity index (χ3v) is 3.72. The largest absolute Gasteiger partial charge is 0.468 e. The first-order valence-corrected chi connectivity index (χ1v) is 7.28. The summed E-state index contributed by atoms with van der Waals surface area (Å²) in [7, 11) is 5.69. The summed E-state index contributed by atoms with van der Waals surface area (Å²) >= 11 is 0. The molecule has 5 nitrogen and oxygen atoms in total. The van der Waals surface area contributed by atoms with E-state index in [1.807, 2.05) is 6.92 Å². The Labute approximate surface area is 117 Å². The number of rotatable bonds is 8. The monoisotopic (exact) mass is 271 g/mol. The van der Waals surface area contributed by atoms with Gasteiger partial charge in [-0.3, -0.25) is 9.69 Å². The molecule has 0 amide bonds. The lowest BCUT2D eigenvalue weighted by molar-refractivity contribution is -0.143. The predicted molar refractivity (Wildman–Crippen MR) is 77.2 cm³/mol. The van der Waals surface area contributed by atoms with Crippen LogP contribution in [0.1, 0.15) is 26.2 Å². The molecule has 1 aliphatic heterocycles. The first kappa shape index (κ1) is 16.4. The standard InChI is InChI=1S/C14H29N3O2/c1-5-15-13(14(18)19-4)8-10-17-9-6-7-12(17)11-16(2)3/h12-13,15H,5-11H2,1-4H3. The average Bonchev–Trinajstić information content (AvgIpc) is 2.80. The fourth-order valence-corrected chi connectivity index (χ4v) is 2.80. The minimum absolute atomic E-state index is 0.148. The van der Waals surface area contributed by atoms with Gasteiger partial charge in [-0.15, -0.1) is 0 Å². The van der Waals surface area contributed by atoms with Crippen molar-refractivity contribution >= 4 is 5.97 Å². The Morgan fingerprint density at radius 3 is 2.84 bits per heavy atom. The van der Waals surface area contributed by atoms with Crippen LogP contribution in [0.2, 0.25) is 0 Å². The maximum Gasteiger partial charge on any atom is 0.322 e. The van der Waals surface area contributed by atoms with E-state index in [1.165, 1.54) is 20.0 Å². The first-order valence-electron chi connectivity index (χ1n) is 7.28. The van der Waals surface area contributed by atoms with Gasteiger partial charge in [-0.1, -0.05) is 6.92 Å². The summed E-state index contributed by atoms with van der Waals surface area (Å²) in [5.74, 6) is -0.148. The van der Waals surface area contributed by atoms with E-state index in [4.69, 9.17) is 4.74 Å². The second-order valence-corrected chi connectivity index (χ2v) is 5.52. The van der Waals surface area contributed by atoms with Crippen molar-refractivity contribution in [3.8, 4) is 0 Å². The summed E-state index contributed by atoms with van der Waals surface area (Å²) in [6, 6.07) is 0.463. The Bertz CT molecular complexity index is 271. The summed E-state index contributed by atoms with van der Waals surface area (Å²) < 4.78 is 4.84. The van der Waals surface area contributed by atoms with Crippen LogP contribution < -0.4 is 5.32 Å². The summed E-state index contributed by atoms with van der Waals surface area (Å²) in [5, 5.41) is 3.20. The molecule has 19 heavy (non-hydrogen) atoms. The molecule has 0 aliphatic carbocycles. The molecule has 0 radical (unpaired) electrons. The van der Waals surface area contributed by atoms with Crippen LogP contribution >= 0.6 is 0 Å². The molecule has 0 aromatic rings. The van der Waals surface area contributed by atoms with Crippen molar-refractivity contribution in [3.05, 3.63) is 0 Å². The first-order chi connectivity index (χ1) is 9.08. The van der Waals surface area contributed by atoms with E-state index in [2.05, 4.69) is 29.2 Å².